The Balaban J connectivity index is 2.15. The highest BCUT2D eigenvalue weighted by Gasteiger charge is 2.10. The first-order valence-corrected chi connectivity index (χ1v) is 6.99. The van der Waals surface area contributed by atoms with E-state index >= 15 is 0 Å². The van der Waals surface area contributed by atoms with Crippen molar-refractivity contribution in [3.05, 3.63) is 55.4 Å². The van der Waals surface area contributed by atoms with Gasteiger partial charge in [0.2, 0.25) is 0 Å². The largest absolute Gasteiger partial charge is 0.323 e. The molecular weight excluding hydrogens is 325 g/mol. The molecule has 2 N–H and O–H groups in total. The lowest BCUT2D eigenvalue weighted by molar-refractivity contribution is 0.621. The SMILES string of the molecule is NC(Cc1cc(F)cc(Br)c1)c1ccc(Cl)s1. The smallest absolute Gasteiger partial charge is 0.124 e. The van der Waals surface area contributed by atoms with Gasteiger partial charge in [-0.2, -0.15) is 0 Å². The summed E-state index contributed by atoms with van der Waals surface area (Å²) in [5, 5.41) is 0. The third-order valence-electron chi connectivity index (χ3n) is 2.34. The Morgan fingerprint density at radius 2 is 2.12 bits per heavy atom. The number of halogens is 3. The lowest BCUT2D eigenvalue weighted by atomic mass is 10.1. The molecule has 2 rings (SSSR count). The maximum Gasteiger partial charge on any atom is 0.124 e. The first kappa shape index (κ1) is 13.0. The summed E-state index contributed by atoms with van der Waals surface area (Å²) < 4.78 is 14.6. The molecule has 1 nitrogen and oxygen atoms in total. The molecule has 1 aromatic heterocycles. The summed E-state index contributed by atoms with van der Waals surface area (Å²) in [6.07, 6.45) is 0.590. The van der Waals surface area contributed by atoms with Gasteiger partial charge in [-0.15, -0.1) is 11.3 Å². The maximum absolute atomic E-state index is 13.2. The van der Waals surface area contributed by atoms with Crippen LogP contribution in [0, 0.1) is 5.82 Å². The molecular formula is C12H10BrClFNS. The topological polar surface area (TPSA) is 26.0 Å². The van der Waals surface area contributed by atoms with Crippen molar-refractivity contribution >= 4 is 38.9 Å². The van der Waals surface area contributed by atoms with Crippen molar-refractivity contribution in [1.29, 1.82) is 0 Å². The van der Waals surface area contributed by atoms with Gasteiger partial charge in [-0.25, -0.2) is 4.39 Å². The molecule has 1 aromatic carbocycles. The highest BCUT2D eigenvalue weighted by atomic mass is 79.9. The van der Waals surface area contributed by atoms with E-state index < -0.39 is 0 Å². The number of thiophene rings is 1. The van der Waals surface area contributed by atoms with Crippen LogP contribution in [0.3, 0.4) is 0 Å². The van der Waals surface area contributed by atoms with Crippen LogP contribution in [0.2, 0.25) is 4.34 Å². The van der Waals surface area contributed by atoms with Crippen LogP contribution in [0.5, 0.6) is 0 Å². The minimum atomic E-state index is -0.259. The molecule has 0 saturated carbocycles. The molecule has 1 unspecified atom stereocenters. The molecule has 0 spiro atoms. The van der Waals surface area contributed by atoms with E-state index in [1.54, 1.807) is 0 Å². The fourth-order valence-electron chi connectivity index (χ4n) is 1.61. The van der Waals surface area contributed by atoms with Gasteiger partial charge < -0.3 is 5.73 Å². The molecule has 0 bridgehead atoms. The Hall–Kier alpha value is -0.420. The summed E-state index contributed by atoms with van der Waals surface area (Å²) in [6, 6.07) is 8.38. The number of rotatable bonds is 3. The van der Waals surface area contributed by atoms with Crippen molar-refractivity contribution in [3.8, 4) is 0 Å². The Kier molecular flexibility index (Phi) is 4.20. The van der Waals surface area contributed by atoms with E-state index in [4.69, 9.17) is 17.3 Å². The Bertz CT molecular complexity index is 509. The number of nitrogens with two attached hydrogens (primary N) is 1. The molecule has 1 heterocycles. The van der Waals surface area contributed by atoms with Gasteiger partial charge in [0.05, 0.1) is 4.34 Å². The first-order valence-electron chi connectivity index (χ1n) is 5.00. The van der Waals surface area contributed by atoms with Crippen molar-refractivity contribution < 1.29 is 4.39 Å². The monoisotopic (exact) mass is 333 g/mol. The second-order valence-corrected chi connectivity index (χ2v) is 6.39. The summed E-state index contributed by atoms with van der Waals surface area (Å²) in [4.78, 5) is 1.01. The van der Waals surface area contributed by atoms with Crippen LogP contribution < -0.4 is 5.73 Å². The minimum absolute atomic E-state index is 0.152. The second kappa shape index (κ2) is 5.48. The Morgan fingerprint density at radius 1 is 1.35 bits per heavy atom. The van der Waals surface area contributed by atoms with Gasteiger partial charge in [0.15, 0.2) is 0 Å². The molecule has 0 aliphatic heterocycles. The standard InChI is InChI=1S/C12H10BrClFNS/c13-8-3-7(4-9(15)6-8)5-10(16)11-1-2-12(14)17-11/h1-4,6,10H,5,16H2. The molecule has 0 aliphatic carbocycles. The van der Waals surface area contributed by atoms with E-state index in [2.05, 4.69) is 15.9 Å². The number of hydrogen-bond donors (Lipinski definition) is 1. The van der Waals surface area contributed by atoms with Crippen LogP contribution in [0.4, 0.5) is 4.39 Å². The van der Waals surface area contributed by atoms with Crippen LogP contribution in [-0.4, -0.2) is 0 Å². The average Bonchev–Trinajstić information content (AvgIpc) is 2.63. The molecule has 0 amide bonds. The molecule has 0 radical (unpaired) electrons. The van der Waals surface area contributed by atoms with Crippen molar-refractivity contribution in [2.24, 2.45) is 5.73 Å². The third kappa shape index (κ3) is 3.52. The van der Waals surface area contributed by atoms with Gasteiger partial charge in [0, 0.05) is 15.4 Å². The van der Waals surface area contributed by atoms with Crippen LogP contribution in [0.1, 0.15) is 16.5 Å². The van der Waals surface area contributed by atoms with Crippen LogP contribution in [0.15, 0.2) is 34.8 Å². The average molecular weight is 335 g/mol. The van der Waals surface area contributed by atoms with Crippen LogP contribution in [-0.2, 0) is 6.42 Å². The zero-order valence-electron chi connectivity index (χ0n) is 8.79. The summed E-state index contributed by atoms with van der Waals surface area (Å²) in [5.41, 5.74) is 6.92. The zero-order chi connectivity index (χ0) is 12.4. The van der Waals surface area contributed by atoms with Gasteiger partial charge in [-0.05, 0) is 42.3 Å². The van der Waals surface area contributed by atoms with Crippen LogP contribution >= 0.6 is 38.9 Å². The third-order valence-corrected chi connectivity index (χ3v) is 4.16. The van der Waals surface area contributed by atoms with Gasteiger partial charge in [-0.1, -0.05) is 27.5 Å². The first-order chi connectivity index (χ1) is 8.04. The fourth-order valence-corrected chi connectivity index (χ4v) is 3.19. The van der Waals surface area contributed by atoms with Crippen molar-refractivity contribution in [1.82, 2.24) is 0 Å². The van der Waals surface area contributed by atoms with Crippen molar-refractivity contribution in [3.63, 3.8) is 0 Å². The van der Waals surface area contributed by atoms with Crippen molar-refractivity contribution in [2.45, 2.75) is 12.5 Å². The molecule has 1 atom stereocenters. The zero-order valence-corrected chi connectivity index (χ0v) is 11.9. The Morgan fingerprint density at radius 3 is 2.71 bits per heavy atom. The minimum Gasteiger partial charge on any atom is -0.323 e. The molecule has 5 heteroatoms. The van der Waals surface area contributed by atoms with Gasteiger partial charge in [0.25, 0.3) is 0 Å². The predicted molar refractivity (Wildman–Crippen MR) is 74.1 cm³/mol. The maximum atomic E-state index is 13.2. The summed E-state index contributed by atoms with van der Waals surface area (Å²) in [6.45, 7) is 0. The molecule has 0 aliphatic rings. The second-order valence-electron chi connectivity index (χ2n) is 3.73. The quantitative estimate of drug-likeness (QED) is 0.876. The highest BCUT2D eigenvalue weighted by molar-refractivity contribution is 9.10. The fraction of sp³-hybridized carbons (Fsp3) is 0.167. The predicted octanol–water partition coefficient (Wildman–Crippen LogP) is 4.55. The highest BCUT2D eigenvalue weighted by Crippen LogP contribution is 2.28. The molecule has 0 fully saturated rings. The number of benzene rings is 1. The molecule has 17 heavy (non-hydrogen) atoms. The van der Waals surface area contributed by atoms with Gasteiger partial charge in [0.1, 0.15) is 5.82 Å². The van der Waals surface area contributed by atoms with Crippen molar-refractivity contribution in [2.75, 3.05) is 0 Å². The van der Waals surface area contributed by atoms with Gasteiger partial charge >= 0.3 is 0 Å². The lowest BCUT2D eigenvalue weighted by Crippen LogP contribution is -2.11. The van der Waals surface area contributed by atoms with Crippen LogP contribution in [0.25, 0.3) is 0 Å². The lowest BCUT2D eigenvalue weighted by Gasteiger charge is -2.10. The van der Waals surface area contributed by atoms with Gasteiger partial charge in [-0.3, -0.25) is 0 Å². The summed E-state index contributed by atoms with van der Waals surface area (Å²) >= 11 is 10.6. The Labute approximate surface area is 117 Å². The van der Waals surface area contributed by atoms with E-state index in [-0.39, 0.29) is 11.9 Å². The summed E-state index contributed by atoms with van der Waals surface area (Å²) in [7, 11) is 0. The molecule has 2 aromatic rings. The number of hydrogen-bond acceptors (Lipinski definition) is 2. The van der Waals surface area contributed by atoms with E-state index in [0.29, 0.717) is 6.42 Å². The van der Waals surface area contributed by atoms with E-state index in [9.17, 15) is 4.39 Å². The van der Waals surface area contributed by atoms with E-state index in [1.165, 1.54) is 23.5 Å². The van der Waals surface area contributed by atoms with E-state index in [1.807, 2.05) is 18.2 Å². The summed E-state index contributed by atoms with van der Waals surface area (Å²) in [5.74, 6) is -0.259. The molecule has 90 valence electrons. The van der Waals surface area contributed by atoms with E-state index in [0.717, 1.165) is 19.2 Å². The molecule has 0 saturated heterocycles. The normalized spacial score (nSPS) is 12.7.